The van der Waals surface area contributed by atoms with E-state index in [0.717, 1.165) is 0 Å². The molecule has 2 aromatic rings. The molecule has 8 nitrogen and oxygen atoms in total. The number of sulfone groups is 2. The molecule has 4 atom stereocenters. The van der Waals surface area contributed by atoms with Crippen molar-refractivity contribution in [2.45, 2.75) is 21.0 Å². The van der Waals surface area contributed by atoms with Crippen LogP contribution in [0.1, 0.15) is 0 Å². The van der Waals surface area contributed by atoms with Crippen molar-refractivity contribution in [3.8, 4) is 23.0 Å². The molecule has 0 fully saturated rings. The van der Waals surface area contributed by atoms with Gasteiger partial charge < -0.3 is 18.9 Å². The van der Waals surface area contributed by atoms with E-state index < -0.39 is 40.7 Å². The summed E-state index contributed by atoms with van der Waals surface area (Å²) in [5, 5.41) is -4.41. The maximum atomic E-state index is 13.4. The third-order valence-electron chi connectivity index (χ3n) is 5.94. The predicted molar refractivity (Wildman–Crippen MR) is 151 cm³/mol. The van der Waals surface area contributed by atoms with Crippen LogP contribution in [-0.2, 0) is 19.7 Å². The predicted octanol–water partition coefficient (Wildman–Crippen LogP) is 4.17. The molecule has 14 heteroatoms. The van der Waals surface area contributed by atoms with Gasteiger partial charge in [-0.05, 0) is 24.3 Å². The third-order valence-corrected chi connectivity index (χ3v) is 13.1. The van der Waals surface area contributed by atoms with Crippen LogP contribution in [0.5, 0.6) is 23.0 Å². The Morgan fingerprint density at radius 1 is 0.500 bits per heavy atom. The Balaban J connectivity index is 2.01. The van der Waals surface area contributed by atoms with Crippen LogP contribution in [0.15, 0.2) is 48.5 Å². The van der Waals surface area contributed by atoms with Crippen molar-refractivity contribution in [1.82, 2.24) is 0 Å². The normalized spacial score (nSPS) is 26.0. The van der Waals surface area contributed by atoms with Gasteiger partial charge in [0.1, 0.15) is 47.4 Å². The molecule has 0 N–H and O–H groups in total. The molecule has 0 bridgehead atoms. The summed E-state index contributed by atoms with van der Waals surface area (Å²) < 4.78 is 76.6. The van der Waals surface area contributed by atoms with Crippen molar-refractivity contribution in [1.29, 1.82) is 0 Å². The molecule has 0 saturated heterocycles. The highest BCUT2D eigenvalue weighted by Gasteiger charge is 2.37. The first-order valence-corrected chi connectivity index (χ1v) is 16.9. The first-order valence-electron chi connectivity index (χ1n) is 11.6. The maximum Gasteiger partial charge on any atom is 0.165 e. The Morgan fingerprint density at radius 2 is 0.711 bits per heavy atom. The minimum absolute atomic E-state index is 0.217. The van der Waals surface area contributed by atoms with Crippen LogP contribution >= 0.6 is 46.4 Å². The van der Waals surface area contributed by atoms with Gasteiger partial charge in [-0.25, -0.2) is 16.8 Å². The van der Waals surface area contributed by atoms with Gasteiger partial charge in [-0.15, -0.1) is 46.4 Å². The van der Waals surface area contributed by atoms with Gasteiger partial charge in [0.05, 0.1) is 0 Å². The van der Waals surface area contributed by atoms with Crippen LogP contribution in [0.4, 0.5) is 0 Å². The lowest BCUT2D eigenvalue weighted by atomic mass is 10.3. The molecule has 0 spiro atoms. The van der Waals surface area contributed by atoms with Crippen LogP contribution in [-0.4, -0.2) is 87.8 Å². The Kier molecular flexibility index (Phi) is 11.8. The summed E-state index contributed by atoms with van der Waals surface area (Å²) in [6.07, 6.45) is 0. The number of rotatable bonds is 4. The molecule has 0 radical (unpaired) electrons. The van der Waals surface area contributed by atoms with Gasteiger partial charge in [0.2, 0.25) is 0 Å². The van der Waals surface area contributed by atoms with E-state index in [4.69, 9.17) is 65.4 Å². The zero-order valence-corrected chi connectivity index (χ0v) is 24.8. The number of para-hydroxylation sites is 4. The van der Waals surface area contributed by atoms with Crippen LogP contribution in [0.3, 0.4) is 0 Å². The Morgan fingerprint density at radius 3 is 0.895 bits per heavy atom. The van der Waals surface area contributed by atoms with Crippen LogP contribution in [0, 0.1) is 0 Å². The zero-order chi connectivity index (χ0) is 27.8. The largest absolute Gasteiger partial charge is 0.488 e. The fraction of sp³-hybridized carbons (Fsp3) is 0.500. The maximum absolute atomic E-state index is 13.4. The topological polar surface area (TPSA) is 105 Å². The van der Waals surface area contributed by atoms with Gasteiger partial charge >= 0.3 is 0 Å². The van der Waals surface area contributed by atoms with Crippen LogP contribution in [0.25, 0.3) is 0 Å². The first-order chi connectivity index (χ1) is 18.2. The molecular weight excluding hydrogens is 622 g/mol. The lowest BCUT2D eigenvalue weighted by molar-refractivity contribution is 0.260. The monoisotopic (exact) mass is 648 g/mol. The highest BCUT2D eigenvalue weighted by atomic mass is 35.5. The average molecular weight is 650 g/mol. The van der Waals surface area contributed by atoms with Crippen LogP contribution < -0.4 is 18.9 Å². The highest BCUT2D eigenvalue weighted by Crippen LogP contribution is 2.31. The molecule has 38 heavy (non-hydrogen) atoms. The SMILES string of the molecule is O=S1(=O)[C@H](CCl)COc2ccccc2OC[C@H](CCl)S(=O)(=O)[C@@H](CCl)COc2ccccc2OC[C@H]1CCl. The Bertz CT molecular complexity index is 1080. The summed E-state index contributed by atoms with van der Waals surface area (Å²) in [5.74, 6) is -0.112. The number of fused-ring (bicyclic) bond motifs is 2. The lowest BCUT2D eigenvalue weighted by Gasteiger charge is -2.25. The number of hydrogen-bond acceptors (Lipinski definition) is 8. The molecule has 1 aliphatic rings. The molecular formula is C24H28Cl4O8S2. The minimum atomic E-state index is -3.90. The summed E-state index contributed by atoms with van der Waals surface area (Å²) in [5.41, 5.74) is 0. The van der Waals surface area contributed by atoms with Gasteiger partial charge in [-0.1, -0.05) is 24.3 Å². The van der Waals surface area contributed by atoms with Crippen molar-refractivity contribution in [3.63, 3.8) is 0 Å². The molecule has 2 aromatic carbocycles. The van der Waals surface area contributed by atoms with Crippen molar-refractivity contribution < 1.29 is 35.8 Å². The summed E-state index contributed by atoms with van der Waals surface area (Å²) >= 11 is 24.2. The fourth-order valence-electron chi connectivity index (χ4n) is 3.56. The summed E-state index contributed by atoms with van der Waals surface area (Å²) in [4.78, 5) is 0. The van der Waals surface area contributed by atoms with E-state index in [1.807, 2.05) is 0 Å². The molecule has 1 heterocycles. The quantitative estimate of drug-likeness (QED) is 0.455. The molecule has 1 aliphatic heterocycles. The Labute approximate surface area is 243 Å². The van der Waals surface area contributed by atoms with Crippen molar-refractivity contribution in [3.05, 3.63) is 48.5 Å². The van der Waals surface area contributed by atoms with Gasteiger partial charge in [0.25, 0.3) is 0 Å². The van der Waals surface area contributed by atoms with E-state index in [9.17, 15) is 16.8 Å². The highest BCUT2D eigenvalue weighted by molar-refractivity contribution is 7.93. The van der Waals surface area contributed by atoms with Crippen molar-refractivity contribution in [2.24, 2.45) is 0 Å². The minimum Gasteiger partial charge on any atom is -0.488 e. The van der Waals surface area contributed by atoms with E-state index in [-0.39, 0.29) is 72.9 Å². The number of halogens is 4. The molecule has 0 amide bonds. The summed E-state index contributed by atoms with van der Waals surface area (Å²) in [6.45, 7) is -1.15. The number of hydrogen-bond donors (Lipinski definition) is 0. The zero-order valence-electron chi connectivity index (χ0n) is 20.2. The summed E-state index contributed by atoms with van der Waals surface area (Å²) in [7, 11) is -7.80. The standard InChI is InChI=1S/C24H28Cl4O8S2/c25-9-17-13-33-21-5-1-2-6-22(21)34-14-18(10-26)38(31,32)20(12-28)16-36-24-8-4-3-7-23(24)35-15-19(11-27)37(17,29)30/h1-8,17-20H,9-16H2/t17-,18+,19-,20+. The van der Waals surface area contributed by atoms with Gasteiger partial charge in [-0.2, -0.15) is 0 Å². The first kappa shape index (κ1) is 31.2. The molecule has 212 valence electrons. The molecule has 0 saturated carbocycles. The molecule has 0 aromatic heterocycles. The second-order valence-electron chi connectivity index (χ2n) is 8.42. The van der Waals surface area contributed by atoms with E-state index in [1.54, 1.807) is 48.5 Å². The van der Waals surface area contributed by atoms with E-state index in [0.29, 0.717) is 0 Å². The van der Waals surface area contributed by atoms with E-state index >= 15 is 0 Å². The lowest BCUT2D eigenvalue weighted by Crippen LogP contribution is -2.42. The van der Waals surface area contributed by atoms with Crippen LogP contribution in [0.2, 0.25) is 0 Å². The van der Waals surface area contributed by atoms with Gasteiger partial charge in [-0.3, -0.25) is 0 Å². The number of benzene rings is 2. The third kappa shape index (κ3) is 7.46. The molecule has 0 aliphatic carbocycles. The van der Waals surface area contributed by atoms with Crippen molar-refractivity contribution >= 4 is 66.1 Å². The van der Waals surface area contributed by atoms with Gasteiger partial charge in [0.15, 0.2) is 42.7 Å². The Hall–Kier alpha value is -1.30. The smallest absolute Gasteiger partial charge is 0.165 e. The molecule has 3 rings (SSSR count). The summed E-state index contributed by atoms with van der Waals surface area (Å²) in [6, 6.07) is 13.0. The van der Waals surface area contributed by atoms with Gasteiger partial charge in [0, 0.05) is 23.5 Å². The number of alkyl halides is 4. The molecule has 0 unspecified atom stereocenters. The second-order valence-corrected chi connectivity index (χ2v) is 14.7. The fourth-order valence-corrected chi connectivity index (χ4v) is 8.85. The van der Waals surface area contributed by atoms with Crippen molar-refractivity contribution in [2.75, 3.05) is 49.9 Å². The van der Waals surface area contributed by atoms with E-state index in [2.05, 4.69) is 0 Å². The van der Waals surface area contributed by atoms with E-state index in [1.165, 1.54) is 0 Å². The second kappa shape index (κ2) is 14.4. The number of ether oxygens (including phenoxy) is 4. The average Bonchev–Trinajstić information content (AvgIpc) is 2.90.